The predicted molar refractivity (Wildman–Crippen MR) is 119 cm³/mol. The van der Waals surface area contributed by atoms with Gasteiger partial charge < -0.3 is 10.2 Å². The van der Waals surface area contributed by atoms with Crippen LogP contribution in [0, 0.1) is 0 Å². The van der Waals surface area contributed by atoms with Crippen LogP contribution in [-0.4, -0.2) is 47.0 Å². The van der Waals surface area contributed by atoms with Crippen LogP contribution in [0.3, 0.4) is 0 Å². The zero-order chi connectivity index (χ0) is 20.2. The molecule has 0 rings (SSSR count). The van der Waals surface area contributed by atoms with E-state index in [1.54, 1.807) is 0 Å². The smallest absolute Gasteiger partial charge is 0.0639 e. The second-order valence-corrected chi connectivity index (χ2v) is 8.40. The van der Waals surface area contributed by atoms with E-state index >= 15 is 0 Å². The summed E-state index contributed by atoms with van der Waals surface area (Å²) in [4.78, 5) is 2.18. The van der Waals surface area contributed by atoms with Gasteiger partial charge in [-0.3, -0.25) is 4.90 Å². The molecule has 0 spiro atoms. The fraction of sp³-hybridized carbons (Fsp3) is 0.917. The zero-order valence-corrected chi connectivity index (χ0v) is 18.7. The minimum atomic E-state index is -0.321. The lowest BCUT2D eigenvalue weighted by atomic mass is 10.1. The standard InChI is InChI=1S/C24H49NO2/c1-4-5-6-7-8-9-10-11-12-13-14-15-16-17-18-19-20-25(21-23(2)26)22-24(3)27/h11-12,23-24,26-27H,4-10,13-22H2,1-3H3/b12-11-. The topological polar surface area (TPSA) is 43.7 Å². The maximum atomic E-state index is 9.54. The van der Waals surface area contributed by atoms with Gasteiger partial charge in [-0.2, -0.15) is 0 Å². The zero-order valence-electron chi connectivity index (χ0n) is 18.7. The molecule has 3 heteroatoms. The van der Waals surface area contributed by atoms with Crippen LogP contribution in [-0.2, 0) is 0 Å². The SMILES string of the molecule is CCCCCCCC/C=C\CCCCCCCCN(CC(C)O)CC(C)O. The lowest BCUT2D eigenvalue weighted by molar-refractivity contribution is 0.0825. The molecular formula is C24H49NO2. The van der Waals surface area contributed by atoms with Crippen LogP contribution in [0.5, 0.6) is 0 Å². The summed E-state index contributed by atoms with van der Waals surface area (Å²) < 4.78 is 0. The molecule has 3 nitrogen and oxygen atoms in total. The molecule has 0 saturated carbocycles. The average Bonchev–Trinajstić information content (AvgIpc) is 2.60. The van der Waals surface area contributed by atoms with Gasteiger partial charge >= 0.3 is 0 Å². The summed E-state index contributed by atoms with van der Waals surface area (Å²) in [5.74, 6) is 0. The Balaban J connectivity index is 3.39. The Morgan fingerprint density at radius 2 is 1.04 bits per heavy atom. The number of rotatable bonds is 20. The van der Waals surface area contributed by atoms with E-state index in [0.717, 1.165) is 13.0 Å². The molecule has 0 aromatic heterocycles. The number of nitrogens with zero attached hydrogens (tertiary/aromatic N) is 1. The van der Waals surface area contributed by atoms with E-state index in [-0.39, 0.29) is 12.2 Å². The molecule has 0 aliphatic heterocycles. The number of aliphatic hydroxyl groups excluding tert-OH is 2. The summed E-state index contributed by atoms with van der Waals surface area (Å²) in [5, 5.41) is 19.1. The highest BCUT2D eigenvalue weighted by atomic mass is 16.3. The number of hydrogen-bond donors (Lipinski definition) is 2. The first-order valence-corrected chi connectivity index (χ1v) is 11.8. The Bertz CT molecular complexity index is 306. The molecule has 2 unspecified atom stereocenters. The first-order valence-electron chi connectivity index (χ1n) is 11.8. The van der Waals surface area contributed by atoms with Crippen molar-refractivity contribution in [3.05, 3.63) is 12.2 Å². The molecule has 27 heavy (non-hydrogen) atoms. The van der Waals surface area contributed by atoms with E-state index in [0.29, 0.717) is 13.1 Å². The largest absolute Gasteiger partial charge is 0.392 e. The van der Waals surface area contributed by atoms with Gasteiger partial charge in [0.25, 0.3) is 0 Å². The highest BCUT2D eigenvalue weighted by molar-refractivity contribution is 4.81. The molecule has 0 bridgehead atoms. The van der Waals surface area contributed by atoms with Crippen molar-refractivity contribution in [2.75, 3.05) is 19.6 Å². The van der Waals surface area contributed by atoms with Crippen LogP contribution < -0.4 is 0 Å². The fourth-order valence-electron chi connectivity index (χ4n) is 3.59. The maximum Gasteiger partial charge on any atom is 0.0639 e. The van der Waals surface area contributed by atoms with Crippen molar-refractivity contribution in [3.8, 4) is 0 Å². The average molecular weight is 384 g/mol. The molecule has 0 heterocycles. The molecule has 0 fully saturated rings. The lowest BCUT2D eigenvalue weighted by Gasteiger charge is -2.24. The van der Waals surface area contributed by atoms with E-state index in [2.05, 4.69) is 24.0 Å². The van der Waals surface area contributed by atoms with Crippen LogP contribution in [0.4, 0.5) is 0 Å². The molecule has 0 aromatic rings. The normalized spacial score (nSPS) is 14.3. The second kappa shape index (κ2) is 20.4. The summed E-state index contributed by atoms with van der Waals surface area (Å²) in [6.07, 6.45) is 22.7. The summed E-state index contributed by atoms with van der Waals surface area (Å²) in [6, 6.07) is 0. The van der Waals surface area contributed by atoms with Crippen LogP contribution in [0.25, 0.3) is 0 Å². The minimum Gasteiger partial charge on any atom is -0.392 e. The molecule has 0 amide bonds. The maximum absolute atomic E-state index is 9.54. The highest BCUT2D eigenvalue weighted by Gasteiger charge is 2.10. The van der Waals surface area contributed by atoms with Gasteiger partial charge in [-0.05, 0) is 52.5 Å². The van der Waals surface area contributed by atoms with E-state index in [9.17, 15) is 10.2 Å². The van der Waals surface area contributed by atoms with Gasteiger partial charge in [0.1, 0.15) is 0 Å². The van der Waals surface area contributed by atoms with E-state index in [1.807, 2.05) is 13.8 Å². The Morgan fingerprint density at radius 3 is 1.48 bits per heavy atom. The molecule has 0 aliphatic rings. The fourth-order valence-corrected chi connectivity index (χ4v) is 3.59. The van der Waals surface area contributed by atoms with E-state index in [1.165, 1.54) is 83.5 Å². The van der Waals surface area contributed by atoms with Gasteiger partial charge in [0.05, 0.1) is 12.2 Å². The molecule has 2 atom stereocenters. The van der Waals surface area contributed by atoms with E-state index < -0.39 is 0 Å². The quantitative estimate of drug-likeness (QED) is 0.197. The van der Waals surface area contributed by atoms with Crippen molar-refractivity contribution in [2.45, 2.75) is 123 Å². The second-order valence-electron chi connectivity index (χ2n) is 8.40. The number of hydrogen-bond acceptors (Lipinski definition) is 3. The van der Waals surface area contributed by atoms with Crippen molar-refractivity contribution in [2.24, 2.45) is 0 Å². The molecule has 0 radical (unpaired) electrons. The Morgan fingerprint density at radius 1 is 0.630 bits per heavy atom. The molecule has 0 saturated heterocycles. The van der Waals surface area contributed by atoms with Gasteiger partial charge in [-0.15, -0.1) is 0 Å². The van der Waals surface area contributed by atoms with Crippen molar-refractivity contribution in [3.63, 3.8) is 0 Å². The van der Waals surface area contributed by atoms with Gasteiger partial charge in [-0.1, -0.05) is 76.9 Å². The summed E-state index contributed by atoms with van der Waals surface area (Å²) in [7, 11) is 0. The van der Waals surface area contributed by atoms with Crippen LogP contribution in [0.1, 0.15) is 111 Å². The van der Waals surface area contributed by atoms with Crippen molar-refractivity contribution < 1.29 is 10.2 Å². The van der Waals surface area contributed by atoms with Gasteiger partial charge in [0.2, 0.25) is 0 Å². The third-order valence-electron chi connectivity index (χ3n) is 5.03. The van der Waals surface area contributed by atoms with Gasteiger partial charge in [0, 0.05) is 13.1 Å². The van der Waals surface area contributed by atoms with Crippen molar-refractivity contribution in [1.82, 2.24) is 4.90 Å². The van der Waals surface area contributed by atoms with Gasteiger partial charge in [-0.25, -0.2) is 0 Å². The van der Waals surface area contributed by atoms with Crippen LogP contribution in [0.2, 0.25) is 0 Å². The molecular weight excluding hydrogens is 334 g/mol. The Kier molecular flexibility index (Phi) is 20.1. The number of allylic oxidation sites excluding steroid dienone is 2. The monoisotopic (exact) mass is 383 g/mol. The third-order valence-corrected chi connectivity index (χ3v) is 5.03. The van der Waals surface area contributed by atoms with E-state index in [4.69, 9.17) is 0 Å². The van der Waals surface area contributed by atoms with Crippen LogP contribution in [0.15, 0.2) is 12.2 Å². The summed E-state index contributed by atoms with van der Waals surface area (Å²) in [5.41, 5.74) is 0. The first-order chi connectivity index (χ1) is 13.1. The molecule has 2 N–H and O–H groups in total. The minimum absolute atomic E-state index is 0.321. The Labute approximate surface area is 170 Å². The van der Waals surface area contributed by atoms with Crippen molar-refractivity contribution in [1.29, 1.82) is 0 Å². The molecule has 162 valence electrons. The highest BCUT2D eigenvalue weighted by Crippen LogP contribution is 2.10. The van der Waals surface area contributed by atoms with Crippen LogP contribution >= 0.6 is 0 Å². The summed E-state index contributed by atoms with van der Waals surface area (Å²) >= 11 is 0. The molecule has 0 aliphatic carbocycles. The third kappa shape index (κ3) is 21.8. The lowest BCUT2D eigenvalue weighted by Crippen LogP contribution is -2.36. The van der Waals surface area contributed by atoms with Crippen molar-refractivity contribution >= 4 is 0 Å². The Hall–Kier alpha value is -0.380. The predicted octanol–water partition coefficient (Wildman–Crippen LogP) is 6.09. The molecule has 0 aromatic carbocycles. The number of unbranched alkanes of at least 4 members (excludes halogenated alkanes) is 12. The summed E-state index contributed by atoms with van der Waals surface area (Å²) in [6.45, 7) is 8.21. The first kappa shape index (κ1) is 26.6. The van der Waals surface area contributed by atoms with Gasteiger partial charge in [0.15, 0.2) is 0 Å². The number of aliphatic hydroxyl groups is 2.